The summed E-state index contributed by atoms with van der Waals surface area (Å²) in [4.78, 5) is 3.97. The van der Waals surface area contributed by atoms with Crippen LogP contribution in [0.2, 0.25) is 0 Å². The molecule has 4 aromatic rings. The van der Waals surface area contributed by atoms with Gasteiger partial charge in [-0.05, 0) is 53.1 Å². The molecule has 0 amide bonds. The number of hydrogen-bond donors (Lipinski definition) is 0. The van der Waals surface area contributed by atoms with Crippen LogP contribution in [-0.4, -0.2) is 0 Å². The first-order valence-corrected chi connectivity index (χ1v) is 13.0. The molecular formula is C27H24S3. The summed E-state index contributed by atoms with van der Waals surface area (Å²) in [6.45, 7) is 0. The molecule has 0 aliphatic heterocycles. The Morgan fingerprint density at radius 2 is 0.833 bits per heavy atom. The Bertz CT molecular complexity index is 1030. The lowest BCUT2D eigenvalue weighted by Crippen LogP contribution is -1.94. The molecule has 0 heterocycles. The van der Waals surface area contributed by atoms with Crippen molar-refractivity contribution in [3.63, 3.8) is 0 Å². The predicted molar refractivity (Wildman–Crippen MR) is 134 cm³/mol. The number of thioether (sulfide) groups is 3. The Hall–Kier alpha value is -2.07. The van der Waals surface area contributed by atoms with Crippen LogP contribution >= 0.6 is 35.3 Å². The molecular weight excluding hydrogens is 420 g/mol. The molecule has 0 spiro atoms. The van der Waals surface area contributed by atoms with Crippen molar-refractivity contribution in [2.75, 3.05) is 0 Å². The highest BCUT2D eigenvalue weighted by Crippen LogP contribution is 2.31. The summed E-state index contributed by atoms with van der Waals surface area (Å²) in [6.07, 6.45) is 0. The van der Waals surface area contributed by atoms with E-state index in [4.69, 9.17) is 0 Å². The molecule has 0 aliphatic rings. The molecule has 3 heteroatoms. The Morgan fingerprint density at radius 1 is 0.400 bits per heavy atom. The molecule has 30 heavy (non-hydrogen) atoms. The van der Waals surface area contributed by atoms with Crippen molar-refractivity contribution in [3.8, 4) is 0 Å². The fourth-order valence-corrected chi connectivity index (χ4v) is 5.84. The molecule has 0 saturated heterocycles. The van der Waals surface area contributed by atoms with E-state index < -0.39 is 0 Å². The van der Waals surface area contributed by atoms with E-state index in [9.17, 15) is 0 Å². The van der Waals surface area contributed by atoms with Gasteiger partial charge in [0.2, 0.25) is 0 Å². The van der Waals surface area contributed by atoms with E-state index in [-0.39, 0.29) is 0 Å². The Balaban J connectivity index is 1.48. The monoisotopic (exact) mass is 444 g/mol. The third-order valence-corrected chi connectivity index (χ3v) is 7.90. The second kappa shape index (κ2) is 11.4. The van der Waals surface area contributed by atoms with E-state index in [1.54, 1.807) is 0 Å². The molecule has 0 nitrogen and oxygen atoms in total. The fraction of sp³-hybridized carbons (Fsp3) is 0.111. The van der Waals surface area contributed by atoms with Gasteiger partial charge in [-0.25, -0.2) is 0 Å². The molecule has 0 radical (unpaired) electrons. The van der Waals surface area contributed by atoms with E-state index in [1.165, 1.54) is 31.4 Å². The van der Waals surface area contributed by atoms with Gasteiger partial charge < -0.3 is 0 Å². The normalized spacial score (nSPS) is 10.8. The minimum Gasteiger partial charge on any atom is -0.121 e. The molecule has 0 N–H and O–H groups in total. The summed E-state index contributed by atoms with van der Waals surface area (Å²) in [5.41, 5.74) is 4.26. The molecule has 0 saturated carbocycles. The van der Waals surface area contributed by atoms with Gasteiger partial charge in [-0.1, -0.05) is 72.8 Å². The van der Waals surface area contributed by atoms with Crippen molar-refractivity contribution in [1.29, 1.82) is 0 Å². The van der Waals surface area contributed by atoms with Crippen LogP contribution in [0, 0.1) is 0 Å². The number of hydrogen-bond acceptors (Lipinski definition) is 3. The maximum atomic E-state index is 2.41. The quantitative estimate of drug-likeness (QED) is 0.237. The van der Waals surface area contributed by atoms with Gasteiger partial charge in [0.25, 0.3) is 0 Å². The van der Waals surface area contributed by atoms with Gasteiger partial charge in [-0.15, -0.1) is 35.3 Å². The van der Waals surface area contributed by atoms with Gasteiger partial charge in [-0.2, -0.15) is 0 Å². The van der Waals surface area contributed by atoms with Crippen LogP contribution in [0.1, 0.15) is 16.7 Å². The average molecular weight is 445 g/mol. The van der Waals surface area contributed by atoms with Crippen LogP contribution in [0.15, 0.2) is 124 Å². The van der Waals surface area contributed by atoms with E-state index in [0.717, 1.165) is 17.3 Å². The van der Waals surface area contributed by atoms with Gasteiger partial charge in [0.05, 0.1) is 0 Å². The zero-order chi connectivity index (χ0) is 20.4. The standard InChI is InChI=1S/C27H24S3/c1-4-10-25(11-5-1)28-19-22-16-17-23(20-29-26-12-6-2-7-13-26)24(18-22)21-30-27-14-8-3-9-15-27/h1-18H,19-21H2. The van der Waals surface area contributed by atoms with Gasteiger partial charge in [0, 0.05) is 31.9 Å². The van der Waals surface area contributed by atoms with Crippen molar-refractivity contribution >= 4 is 35.3 Å². The zero-order valence-electron chi connectivity index (χ0n) is 16.7. The summed E-state index contributed by atoms with van der Waals surface area (Å²) >= 11 is 5.73. The first-order chi connectivity index (χ1) is 14.9. The topological polar surface area (TPSA) is 0 Å². The van der Waals surface area contributed by atoms with Crippen LogP contribution < -0.4 is 0 Å². The van der Waals surface area contributed by atoms with E-state index in [0.29, 0.717) is 0 Å². The number of benzene rings is 4. The predicted octanol–water partition coefficient (Wildman–Crippen LogP) is 8.56. The fourth-order valence-electron chi connectivity index (χ4n) is 3.08. The van der Waals surface area contributed by atoms with Crippen LogP contribution in [-0.2, 0) is 17.3 Å². The zero-order valence-corrected chi connectivity index (χ0v) is 19.2. The third-order valence-electron chi connectivity index (χ3n) is 4.69. The molecule has 0 fully saturated rings. The van der Waals surface area contributed by atoms with Crippen LogP contribution in [0.4, 0.5) is 0 Å². The number of rotatable bonds is 9. The first kappa shape index (κ1) is 21.2. The summed E-state index contributed by atoms with van der Waals surface area (Å²) < 4.78 is 0. The highest BCUT2D eigenvalue weighted by atomic mass is 32.2. The Morgan fingerprint density at radius 3 is 1.33 bits per heavy atom. The summed E-state index contributed by atoms with van der Waals surface area (Å²) in [5.74, 6) is 3.00. The molecule has 150 valence electrons. The lowest BCUT2D eigenvalue weighted by Gasteiger charge is -2.12. The smallest absolute Gasteiger partial charge is 0.0235 e. The van der Waals surface area contributed by atoms with Crippen molar-refractivity contribution in [2.24, 2.45) is 0 Å². The van der Waals surface area contributed by atoms with Gasteiger partial charge in [0.1, 0.15) is 0 Å². The third kappa shape index (κ3) is 6.46. The maximum Gasteiger partial charge on any atom is 0.0235 e. The second-order valence-corrected chi connectivity index (χ2v) is 10.1. The molecule has 0 aromatic heterocycles. The van der Waals surface area contributed by atoms with Gasteiger partial charge in [-0.3, -0.25) is 0 Å². The minimum atomic E-state index is 0.999. The molecule has 4 aromatic carbocycles. The van der Waals surface area contributed by atoms with Crippen LogP contribution in [0.3, 0.4) is 0 Å². The van der Waals surface area contributed by atoms with E-state index in [2.05, 4.69) is 109 Å². The van der Waals surface area contributed by atoms with Gasteiger partial charge >= 0.3 is 0 Å². The van der Waals surface area contributed by atoms with Crippen molar-refractivity contribution in [1.82, 2.24) is 0 Å². The highest BCUT2D eigenvalue weighted by molar-refractivity contribution is 7.99. The summed E-state index contributed by atoms with van der Waals surface area (Å²) in [7, 11) is 0. The van der Waals surface area contributed by atoms with Crippen molar-refractivity contribution < 1.29 is 0 Å². The van der Waals surface area contributed by atoms with Crippen molar-refractivity contribution in [2.45, 2.75) is 31.9 Å². The van der Waals surface area contributed by atoms with Crippen LogP contribution in [0.5, 0.6) is 0 Å². The van der Waals surface area contributed by atoms with Gasteiger partial charge in [0.15, 0.2) is 0 Å². The lowest BCUT2D eigenvalue weighted by molar-refractivity contribution is 1.23. The molecule has 0 atom stereocenters. The molecule has 0 bridgehead atoms. The molecule has 0 unspecified atom stereocenters. The van der Waals surface area contributed by atoms with E-state index in [1.807, 2.05) is 35.3 Å². The lowest BCUT2D eigenvalue weighted by atomic mass is 10.1. The molecule has 0 aliphatic carbocycles. The van der Waals surface area contributed by atoms with Crippen molar-refractivity contribution in [3.05, 3.63) is 126 Å². The summed E-state index contributed by atoms with van der Waals surface area (Å²) in [5, 5.41) is 0. The summed E-state index contributed by atoms with van der Waals surface area (Å²) in [6, 6.07) is 39.0. The van der Waals surface area contributed by atoms with Crippen LogP contribution in [0.25, 0.3) is 0 Å². The Kier molecular flexibility index (Phi) is 8.02. The first-order valence-electron chi connectivity index (χ1n) is 10.0. The van der Waals surface area contributed by atoms with E-state index >= 15 is 0 Å². The Labute approximate surface area is 192 Å². The maximum absolute atomic E-state index is 2.41. The second-order valence-electron chi connectivity index (χ2n) is 6.91. The SMILES string of the molecule is c1ccc(SCc2ccc(CSc3ccccc3)c(CSc3ccccc3)c2)cc1. The highest BCUT2D eigenvalue weighted by Gasteiger charge is 2.07. The molecule has 4 rings (SSSR count). The minimum absolute atomic E-state index is 0.999. The average Bonchev–Trinajstić information content (AvgIpc) is 2.82. The largest absolute Gasteiger partial charge is 0.121 e.